The average Bonchev–Trinajstić information content (AvgIpc) is 2.90. The molecule has 0 bridgehead atoms. The number of hydrogen-bond acceptors (Lipinski definition) is 6. The van der Waals surface area contributed by atoms with Gasteiger partial charge in [-0.15, -0.1) is 0 Å². The second kappa shape index (κ2) is 11.5. The lowest BCUT2D eigenvalue weighted by Gasteiger charge is -2.36. The Hall–Kier alpha value is -4.21. The van der Waals surface area contributed by atoms with Crippen molar-refractivity contribution in [2.75, 3.05) is 12.0 Å². The third-order valence-corrected chi connectivity index (χ3v) is 6.39. The number of ether oxygens (including phenoxy) is 1. The normalized spacial score (nSPS) is 18.1. The van der Waals surface area contributed by atoms with Crippen molar-refractivity contribution in [3.63, 3.8) is 0 Å². The molecule has 1 atom stereocenters. The zero-order valence-corrected chi connectivity index (χ0v) is 20.3. The number of hydrogen-bond donors (Lipinski definition) is 3. The maximum Gasteiger partial charge on any atom is 0.404 e. The van der Waals surface area contributed by atoms with Gasteiger partial charge in [0.1, 0.15) is 5.82 Å². The van der Waals surface area contributed by atoms with Gasteiger partial charge in [-0.2, -0.15) is 0 Å². The standard InChI is InChI=1S/C26H30N6O4/c1-17(18-6-4-3-5-7-18)30-25(33)32(22-11-9-21(10-12-22)31-26(34)35)23-13-8-19(14-27-23)20-15-28-24(36-2)29-16-20/h3-8,13-17,21-22,31H,9-12H2,1-2H3,(H,30,33)(H,34,35)/t17-,21-,22-/m0/s1. The second-order valence-corrected chi connectivity index (χ2v) is 8.77. The molecule has 10 nitrogen and oxygen atoms in total. The van der Waals surface area contributed by atoms with Crippen LogP contribution < -0.4 is 20.3 Å². The smallest absolute Gasteiger partial charge is 0.404 e. The maximum absolute atomic E-state index is 13.5. The first-order valence-corrected chi connectivity index (χ1v) is 11.9. The van der Waals surface area contributed by atoms with Gasteiger partial charge in [-0.05, 0) is 50.3 Å². The molecule has 1 aliphatic rings. The van der Waals surface area contributed by atoms with E-state index >= 15 is 0 Å². The van der Waals surface area contributed by atoms with E-state index in [0.717, 1.165) is 16.7 Å². The van der Waals surface area contributed by atoms with Crippen LogP contribution in [0, 0.1) is 0 Å². The fraction of sp³-hybridized carbons (Fsp3) is 0.346. The minimum Gasteiger partial charge on any atom is -0.467 e. The van der Waals surface area contributed by atoms with Gasteiger partial charge in [0.2, 0.25) is 0 Å². The van der Waals surface area contributed by atoms with E-state index in [-0.39, 0.29) is 30.2 Å². The van der Waals surface area contributed by atoms with Crippen LogP contribution in [0.2, 0.25) is 0 Å². The topological polar surface area (TPSA) is 130 Å². The van der Waals surface area contributed by atoms with E-state index in [9.17, 15) is 9.59 Å². The monoisotopic (exact) mass is 490 g/mol. The number of amides is 3. The van der Waals surface area contributed by atoms with Crippen LogP contribution in [0.3, 0.4) is 0 Å². The Morgan fingerprint density at radius 1 is 0.972 bits per heavy atom. The van der Waals surface area contributed by atoms with E-state index in [4.69, 9.17) is 9.84 Å². The lowest BCUT2D eigenvalue weighted by molar-refractivity contribution is 0.184. The van der Waals surface area contributed by atoms with Gasteiger partial charge in [0.25, 0.3) is 0 Å². The van der Waals surface area contributed by atoms with E-state index in [0.29, 0.717) is 31.5 Å². The number of benzene rings is 1. The lowest BCUT2D eigenvalue weighted by Crippen LogP contribution is -2.50. The van der Waals surface area contributed by atoms with E-state index in [2.05, 4.69) is 25.6 Å². The number of anilines is 1. The van der Waals surface area contributed by atoms with Crippen LogP contribution in [-0.2, 0) is 0 Å². The molecule has 0 aliphatic heterocycles. The largest absolute Gasteiger partial charge is 0.467 e. The number of nitrogens with zero attached hydrogens (tertiary/aromatic N) is 4. The molecule has 1 fully saturated rings. The Bertz CT molecular complexity index is 1150. The van der Waals surface area contributed by atoms with Crippen LogP contribution in [0.1, 0.15) is 44.2 Å². The second-order valence-electron chi connectivity index (χ2n) is 8.77. The van der Waals surface area contributed by atoms with E-state index in [1.807, 2.05) is 49.4 Å². The summed E-state index contributed by atoms with van der Waals surface area (Å²) in [4.78, 5) is 39.2. The summed E-state index contributed by atoms with van der Waals surface area (Å²) < 4.78 is 5.02. The number of carboxylic acid groups (broad SMARTS) is 1. The predicted molar refractivity (Wildman–Crippen MR) is 135 cm³/mol. The summed E-state index contributed by atoms with van der Waals surface area (Å²) in [7, 11) is 1.51. The summed E-state index contributed by atoms with van der Waals surface area (Å²) in [5, 5.41) is 14.7. The minimum atomic E-state index is -1.02. The Labute approximate surface area is 209 Å². The van der Waals surface area contributed by atoms with Gasteiger partial charge in [-0.25, -0.2) is 24.5 Å². The number of rotatable bonds is 7. The molecule has 0 spiro atoms. The van der Waals surface area contributed by atoms with Crippen LogP contribution in [0.15, 0.2) is 61.1 Å². The van der Waals surface area contributed by atoms with Crippen molar-refractivity contribution < 1.29 is 19.4 Å². The maximum atomic E-state index is 13.5. The first-order valence-electron chi connectivity index (χ1n) is 11.9. The lowest BCUT2D eigenvalue weighted by atomic mass is 9.90. The van der Waals surface area contributed by atoms with Crippen LogP contribution in [0.5, 0.6) is 6.01 Å². The van der Waals surface area contributed by atoms with E-state index in [1.165, 1.54) is 7.11 Å². The zero-order valence-electron chi connectivity index (χ0n) is 20.3. The molecule has 2 aromatic heterocycles. The Kier molecular flexibility index (Phi) is 7.94. The number of aromatic nitrogens is 3. The van der Waals surface area contributed by atoms with Crippen molar-refractivity contribution in [3.8, 4) is 17.1 Å². The quantitative estimate of drug-likeness (QED) is 0.447. The van der Waals surface area contributed by atoms with Crippen LogP contribution in [0.4, 0.5) is 15.4 Å². The molecule has 3 aromatic rings. The van der Waals surface area contributed by atoms with Crippen molar-refractivity contribution in [3.05, 3.63) is 66.6 Å². The Balaban J connectivity index is 1.55. The molecule has 36 heavy (non-hydrogen) atoms. The highest BCUT2D eigenvalue weighted by Gasteiger charge is 2.32. The number of nitrogens with one attached hydrogen (secondary N) is 2. The van der Waals surface area contributed by atoms with E-state index in [1.54, 1.807) is 23.5 Å². The van der Waals surface area contributed by atoms with Crippen molar-refractivity contribution in [2.24, 2.45) is 0 Å². The summed E-state index contributed by atoms with van der Waals surface area (Å²) in [6, 6.07) is 13.1. The number of methoxy groups -OCH3 is 1. The molecule has 1 aromatic carbocycles. The first kappa shape index (κ1) is 24.9. The molecular weight excluding hydrogens is 460 g/mol. The number of carbonyl (C=O) groups is 2. The molecule has 0 saturated heterocycles. The van der Waals surface area contributed by atoms with Gasteiger partial charge >= 0.3 is 18.1 Å². The van der Waals surface area contributed by atoms with E-state index < -0.39 is 6.09 Å². The molecular formula is C26H30N6O4. The third kappa shape index (κ3) is 6.07. The Morgan fingerprint density at radius 2 is 1.64 bits per heavy atom. The third-order valence-electron chi connectivity index (χ3n) is 6.39. The molecule has 188 valence electrons. The molecule has 0 radical (unpaired) electrons. The molecule has 4 rings (SSSR count). The first-order chi connectivity index (χ1) is 17.4. The molecule has 0 unspecified atom stereocenters. The molecule has 2 heterocycles. The SMILES string of the molecule is COc1ncc(-c2ccc(N(C(=O)N[C@@H](C)c3ccccc3)[C@H]3CC[C@H](NC(=O)O)CC3)nc2)cn1. The van der Waals surface area contributed by atoms with Gasteiger partial charge in [0.05, 0.1) is 13.2 Å². The molecule has 3 N–H and O–H groups in total. The van der Waals surface area contributed by atoms with Crippen LogP contribution in [0.25, 0.3) is 11.1 Å². The van der Waals surface area contributed by atoms with Crippen molar-refractivity contribution in [1.29, 1.82) is 0 Å². The van der Waals surface area contributed by atoms with Gasteiger partial charge in [-0.3, -0.25) is 4.90 Å². The molecule has 1 saturated carbocycles. The number of carbonyl (C=O) groups excluding carboxylic acids is 1. The van der Waals surface area contributed by atoms with Crippen molar-refractivity contribution >= 4 is 17.9 Å². The van der Waals surface area contributed by atoms with Gasteiger partial charge in [-0.1, -0.05) is 30.3 Å². The average molecular weight is 491 g/mol. The fourth-order valence-electron chi connectivity index (χ4n) is 4.46. The molecule has 3 amide bonds. The van der Waals surface area contributed by atoms with Gasteiger partial charge in [0, 0.05) is 41.8 Å². The van der Waals surface area contributed by atoms with Gasteiger partial charge in [0.15, 0.2) is 0 Å². The zero-order chi connectivity index (χ0) is 25.5. The molecule has 10 heteroatoms. The van der Waals surface area contributed by atoms with Crippen molar-refractivity contribution in [1.82, 2.24) is 25.6 Å². The summed E-state index contributed by atoms with van der Waals surface area (Å²) in [5.74, 6) is 0.528. The van der Waals surface area contributed by atoms with Gasteiger partial charge < -0.3 is 20.5 Å². The number of pyridine rings is 1. The number of urea groups is 1. The highest BCUT2D eigenvalue weighted by molar-refractivity contribution is 5.92. The highest BCUT2D eigenvalue weighted by atomic mass is 16.5. The van der Waals surface area contributed by atoms with Crippen LogP contribution in [-0.4, -0.2) is 51.4 Å². The minimum absolute atomic E-state index is 0.109. The fourth-order valence-corrected chi connectivity index (χ4v) is 4.46. The van der Waals surface area contributed by atoms with Crippen molar-refractivity contribution in [2.45, 2.75) is 50.7 Å². The summed E-state index contributed by atoms with van der Waals surface area (Å²) in [6.45, 7) is 1.94. The predicted octanol–water partition coefficient (Wildman–Crippen LogP) is 4.40. The van der Waals surface area contributed by atoms with Crippen LogP contribution >= 0.6 is 0 Å². The molecule has 1 aliphatic carbocycles. The summed E-state index contributed by atoms with van der Waals surface area (Å²) in [5.41, 5.74) is 2.60. The summed E-state index contributed by atoms with van der Waals surface area (Å²) >= 11 is 0. The summed E-state index contributed by atoms with van der Waals surface area (Å²) in [6.07, 6.45) is 6.61. The highest BCUT2D eigenvalue weighted by Crippen LogP contribution is 2.29. The Morgan fingerprint density at radius 3 is 2.22 bits per heavy atom.